The van der Waals surface area contributed by atoms with Crippen LogP contribution in [0, 0.1) is 0 Å². The zero-order valence-electron chi connectivity index (χ0n) is 12.7. The van der Waals surface area contributed by atoms with Crippen molar-refractivity contribution >= 4 is 5.97 Å². The van der Waals surface area contributed by atoms with E-state index in [1.807, 2.05) is 0 Å². The summed E-state index contributed by atoms with van der Waals surface area (Å²) in [6.07, 6.45) is 1.62. The second kappa shape index (κ2) is 6.02. The van der Waals surface area contributed by atoms with Gasteiger partial charge in [-0.3, -0.25) is 9.69 Å². The summed E-state index contributed by atoms with van der Waals surface area (Å²) < 4.78 is 4.83. The zero-order valence-corrected chi connectivity index (χ0v) is 12.7. The average Bonchev–Trinajstić information content (AvgIpc) is 2.38. The van der Waals surface area contributed by atoms with Crippen molar-refractivity contribution < 1.29 is 9.53 Å². The first kappa shape index (κ1) is 15.4. The van der Waals surface area contributed by atoms with E-state index in [-0.39, 0.29) is 17.6 Å². The lowest BCUT2D eigenvalue weighted by Gasteiger charge is -2.40. The van der Waals surface area contributed by atoms with Crippen molar-refractivity contribution in [1.29, 1.82) is 0 Å². The topological polar surface area (TPSA) is 32.8 Å². The van der Waals surface area contributed by atoms with E-state index in [0.29, 0.717) is 12.5 Å². The number of hydrogen-bond donors (Lipinski definition) is 0. The second-order valence-electron chi connectivity index (χ2n) is 6.38. The van der Waals surface area contributed by atoms with Gasteiger partial charge in [-0.25, -0.2) is 0 Å². The fraction of sp³-hybridized carbons (Fsp3) is 0.929. The van der Waals surface area contributed by atoms with E-state index in [1.165, 1.54) is 7.11 Å². The van der Waals surface area contributed by atoms with Crippen LogP contribution in [0.2, 0.25) is 0 Å². The van der Waals surface area contributed by atoms with Gasteiger partial charge < -0.3 is 9.64 Å². The highest BCUT2D eigenvalue weighted by molar-refractivity contribution is 5.70. The molecular weight excluding hydrogens is 228 g/mol. The molecule has 0 aliphatic carbocycles. The molecule has 0 aromatic rings. The third-order valence-corrected chi connectivity index (χ3v) is 3.97. The minimum Gasteiger partial charge on any atom is -0.469 e. The number of methoxy groups -OCH3 is 1. The van der Waals surface area contributed by atoms with E-state index in [2.05, 4.69) is 44.5 Å². The highest BCUT2D eigenvalue weighted by Gasteiger charge is 2.34. The summed E-state index contributed by atoms with van der Waals surface area (Å²) in [4.78, 5) is 16.4. The van der Waals surface area contributed by atoms with E-state index >= 15 is 0 Å². The summed E-state index contributed by atoms with van der Waals surface area (Å²) in [5.74, 6) is -0.114. The fourth-order valence-corrected chi connectivity index (χ4v) is 2.67. The summed E-state index contributed by atoms with van der Waals surface area (Å²) in [6, 6.07) is 0.810. The van der Waals surface area contributed by atoms with Crippen molar-refractivity contribution in [2.45, 2.75) is 58.2 Å². The molecule has 1 aliphatic heterocycles. The smallest absolute Gasteiger partial charge is 0.307 e. The van der Waals surface area contributed by atoms with E-state index in [1.54, 1.807) is 0 Å². The highest BCUT2D eigenvalue weighted by atomic mass is 16.5. The van der Waals surface area contributed by atoms with Gasteiger partial charge in [0.25, 0.3) is 0 Å². The van der Waals surface area contributed by atoms with Crippen LogP contribution in [-0.4, -0.2) is 60.6 Å². The lowest BCUT2D eigenvalue weighted by molar-refractivity contribution is -0.142. The highest BCUT2D eigenvalue weighted by Crippen LogP contribution is 2.24. The van der Waals surface area contributed by atoms with Gasteiger partial charge in [-0.1, -0.05) is 0 Å². The van der Waals surface area contributed by atoms with Gasteiger partial charge in [0.05, 0.1) is 13.5 Å². The van der Waals surface area contributed by atoms with Gasteiger partial charge in [-0.05, 0) is 41.2 Å². The van der Waals surface area contributed by atoms with Crippen molar-refractivity contribution in [2.75, 3.05) is 27.2 Å². The summed E-state index contributed by atoms with van der Waals surface area (Å²) in [6.45, 7) is 10.9. The van der Waals surface area contributed by atoms with Gasteiger partial charge in [0.1, 0.15) is 0 Å². The summed E-state index contributed by atoms with van der Waals surface area (Å²) >= 11 is 0. The number of likely N-dealkylation sites (N-methyl/N-ethyl adjacent to an activating group) is 1. The number of carbonyl (C=O) groups is 1. The van der Waals surface area contributed by atoms with Gasteiger partial charge in [-0.2, -0.15) is 0 Å². The standard InChI is InChI=1S/C14H28N2O2/c1-11-7-8-16(14(2,3)4)12(10-15(11)5)9-13(17)18-6/h11-12H,7-10H2,1-6H3. The van der Waals surface area contributed by atoms with E-state index < -0.39 is 0 Å². The van der Waals surface area contributed by atoms with E-state index in [9.17, 15) is 4.79 Å². The quantitative estimate of drug-likeness (QED) is 0.705. The first-order valence-corrected chi connectivity index (χ1v) is 6.79. The Hall–Kier alpha value is -0.610. The van der Waals surface area contributed by atoms with Crippen LogP contribution in [0.5, 0.6) is 0 Å². The number of ether oxygens (including phenoxy) is 1. The lowest BCUT2D eigenvalue weighted by atomic mass is 10.0. The molecule has 1 heterocycles. The van der Waals surface area contributed by atoms with Crippen LogP contribution in [0.1, 0.15) is 40.5 Å². The minimum atomic E-state index is -0.114. The first-order chi connectivity index (χ1) is 8.25. The molecule has 4 heteroatoms. The molecule has 0 radical (unpaired) electrons. The van der Waals surface area contributed by atoms with Gasteiger partial charge in [-0.15, -0.1) is 0 Å². The van der Waals surface area contributed by atoms with Crippen LogP contribution in [0.4, 0.5) is 0 Å². The average molecular weight is 256 g/mol. The molecule has 0 N–H and O–H groups in total. The first-order valence-electron chi connectivity index (χ1n) is 6.79. The minimum absolute atomic E-state index is 0.0869. The third kappa shape index (κ3) is 3.95. The molecule has 0 amide bonds. The molecule has 0 bridgehead atoms. The van der Waals surface area contributed by atoms with Crippen LogP contribution in [-0.2, 0) is 9.53 Å². The SMILES string of the molecule is COC(=O)CC1CN(C)C(C)CCN1C(C)(C)C. The Bertz CT molecular complexity index is 286. The molecule has 0 spiro atoms. The normalized spacial score (nSPS) is 27.9. The fourth-order valence-electron chi connectivity index (χ4n) is 2.67. The maximum absolute atomic E-state index is 11.6. The molecule has 2 atom stereocenters. The van der Waals surface area contributed by atoms with Crippen LogP contribution >= 0.6 is 0 Å². The molecule has 1 aliphatic rings. The van der Waals surface area contributed by atoms with Crippen molar-refractivity contribution in [3.63, 3.8) is 0 Å². The summed E-state index contributed by atoms with van der Waals surface area (Å²) in [5, 5.41) is 0. The molecule has 0 saturated carbocycles. The molecule has 2 unspecified atom stereocenters. The van der Waals surface area contributed by atoms with Crippen LogP contribution in [0.25, 0.3) is 0 Å². The second-order valence-corrected chi connectivity index (χ2v) is 6.38. The van der Waals surface area contributed by atoms with Crippen LogP contribution in [0.3, 0.4) is 0 Å². The number of nitrogens with zero attached hydrogens (tertiary/aromatic N) is 2. The maximum atomic E-state index is 11.6. The molecule has 1 fully saturated rings. The van der Waals surface area contributed by atoms with Crippen LogP contribution < -0.4 is 0 Å². The Balaban J connectivity index is 2.85. The van der Waals surface area contributed by atoms with Gasteiger partial charge >= 0.3 is 5.97 Å². The molecular formula is C14H28N2O2. The molecule has 18 heavy (non-hydrogen) atoms. The predicted octanol–water partition coefficient (Wildman–Crippen LogP) is 1.74. The Morgan fingerprint density at radius 1 is 1.39 bits per heavy atom. The lowest BCUT2D eigenvalue weighted by Crippen LogP contribution is -2.51. The Kier molecular flexibility index (Phi) is 5.17. The van der Waals surface area contributed by atoms with E-state index in [4.69, 9.17) is 4.74 Å². The number of esters is 1. The number of rotatable bonds is 2. The Morgan fingerprint density at radius 3 is 2.50 bits per heavy atom. The molecule has 4 nitrogen and oxygen atoms in total. The molecule has 0 aromatic carbocycles. The maximum Gasteiger partial charge on any atom is 0.307 e. The zero-order chi connectivity index (χ0) is 13.9. The third-order valence-electron chi connectivity index (χ3n) is 3.97. The van der Waals surface area contributed by atoms with Crippen LogP contribution in [0.15, 0.2) is 0 Å². The van der Waals surface area contributed by atoms with E-state index in [0.717, 1.165) is 19.5 Å². The van der Waals surface area contributed by atoms with Gasteiger partial charge in [0, 0.05) is 30.7 Å². The van der Waals surface area contributed by atoms with Crippen molar-refractivity contribution in [1.82, 2.24) is 9.80 Å². The molecule has 1 saturated heterocycles. The van der Waals surface area contributed by atoms with Crippen molar-refractivity contribution in [3.8, 4) is 0 Å². The number of hydrogen-bond acceptors (Lipinski definition) is 4. The monoisotopic (exact) mass is 256 g/mol. The predicted molar refractivity (Wildman–Crippen MR) is 73.6 cm³/mol. The molecule has 106 valence electrons. The Labute approximate surface area is 111 Å². The summed E-state index contributed by atoms with van der Waals surface area (Å²) in [5.41, 5.74) is 0.0869. The largest absolute Gasteiger partial charge is 0.469 e. The molecule has 1 rings (SSSR count). The van der Waals surface area contributed by atoms with Gasteiger partial charge in [0.15, 0.2) is 0 Å². The van der Waals surface area contributed by atoms with Gasteiger partial charge in [0.2, 0.25) is 0 Å². The Morgan fingerprint density at radius 2 is 2.00 bits per heavy atom. The molecule has 0 aromatic heterocycles. The van der Waals surface area contributed by atoms with Crippen molar-refractivity contribution in [3.05, 3.63) is 0 Å². The summed E-state index contributed by atoms with van der Waals surface area (Å²) in [7, 11) is 3.61. The van der Waals surface area contributed by atoms with Crippen molar-refractivity contribution in [2.24, 2.45) is 0 Å². The number of carbonyl (C=O) groups excluding carboxylic acids is 1.